The molecule has 0 bridgehead atoms. The van der Waals surface area contributed by atoms with E-state index in [0.29, 0.717) is 17.4 Å². The molecule has 0 aliphatic carbocycles. The minimum absolute atomic E-state index is 0.472. The van der Waals surface area contributed by atoms with E-state index in [1.165, 1.54) is 0 Å². The number of thiocarbonyl (C=S) groups is 1. The van der Waals surface area contributed by atoms with E-state index in [1.807, 2.05) is 49.4 Å². The molecule has 0 radical (unpaired) electrons. The zero-order valence-electron chi connectivity index (χ0n) is 15.2. The first kappa shape index (κ1) is 19.5. The van der Waals surface area contributed by atoms with Gasteiger partial charge in [0.2, 0.25) is 0 Å². The van der Waals surface area contributed by atoms with Crippen LogP contribution >= 0.6 is 12.2 Å². The summed E-state index contributed by atoms with van der Waals surface area (Å²) >= 11 is 5.25. The van der Waals surface area contributed by atoms with Crippen molar-refractivity contribution in [2.45, 2.75) is 13.3 Å². The van der Waals surface area contributed by atoms with Crippen molar-refractivity contribution < 1.29 is 9.47 Å². The number of methoxy groups -OCH3 is 2. The highest BCUT2D eigenvalue weighted by Crippen LogP contribution is 2.27. The quantitative estimate of drug-likeness (QED) is 0.300. The number of ether oxygens (including phenoxy) is 2. The van der Waals surface area contributed by atoms with Crippen LogP contribution in [-0.4, -0.2) is 31.6 Å². The molecule has 0 saturated carbocycles. The second-order valence-corrected chi connectivity index (χ2v) is 6.03. The van der Waals surface area contributed by atoms with E-state index in [9.17, 15) is 0 Å². The van der Waals surface area contributed by atoms with Crippen LogP contribution in [0.15, 0.2) is 47.6 Å². The SMILES string of the molecule is COc1ccc(CCNC(=S)N/N=C(/C)c2ccc(N)cc2)cc1OC. The van der Waals surface area contributed by atoms with Crippen molar-refractivity contribution in [1.29, 1.82) is 0 Å². The van der Waals surface area contributed by atoms with Gasteiger partial charge in [-0.2, -0.15) is 5.10 Å². The highest BCUT2D eigenvalue weighted by Gasteiger charge is 2.04. The topological polar surface area (TPSA) is 80.9 Å². The number of hydrazone groups is 1. The molecule has 26 heavy (non-hydrogen) atoms. The number of hydrogen-bond donors (Lipinski definition) is 3. The largest absolute Gasteiger partial charge is 0.493 e. The van der Waals surface area contributed by atoms with Crippen molar-refractivity contribution in [2.75, 3.05) is 26.5 Å². The van der Waals surface area contributed by atoms with Crippen molar-refractivity contribution in [3.05, 3.63) is 53.6 Å². The molecule has 6 nitrogen and oxygen atoms in total. The lowest BCUT2D eigenvalue weighted by Crippen LogP contribution is -2.34. The molecule has 0 aliphatic rings. The normalized spacial score (nSPS) is 11.0. The second kappa shape index (κ2) is 9.62. The molecule has 4 N–H and O–H groups in total. The Morgan fingerprint density at radius 1 is 1.08 bits per heavy atom. The maximum Gasteiger partial charge on any atom is 0.186 e. The van der Waals surface area contributed by atoms with Crippen molar-refractivity contribution in [3.8, 4) is 11.5 Å². The molecule has 138 valence electrons. The average Bonchev–Trinajstić information content (AvgIpc) is 2.66. The van der Waals surface area contributed by atoms with Crippen LogP contribution in [0.2, 0.25) is 0 Å². The Morgan fingerprint density at radius 2 is 1.77 bits per heavy atom. The van der Waals surface area contributed by atoms with Gasteiger partial charge in [0.1, 0.15) is 0 Å². The number of rotatable bonds is 7. The minimum atomic E-state index is 0.472. The van der Waals surface area contributed by atoms with Gasteiger partial charge in [0.25, 0.3) is 0 Å². The third-order valence-corrected chi connectivity index (χ3v) is 4.04. The molecular weight excluding hydrogens is 348 g/mol. The lowest BCUT2D eigenvalue weighted by Gasteiger charge is -2.11. The Balaban J connectivity index is 1.81. The predicted molar refractivity (Wildman–Crippen MR) is 110 cm³/mol. The van der Waals surface area contributed by atoms with Crippen LogP contribution in [0.1, 0.15) is 18.1 Å². The lowest BCUT2D eigenvalue weighted by molar-refractivity contribution is 0.354. The number of nitrogens with two attached hydrogens (primary N) is 1. The van der Waals surface area contributed by atoms with Crippen LogP contribution in [0, 0.1) is 0 Å². The number of nitrogen functional groups attached to an aromatic ring is 1. The summed E-state index contributed by atoms with van der Waals surface area (Å²) in [6, 6.07) is 13.4. The van der Waals surface area contributed by atoms with Crippen LogP contribution in [-0.2, 0) is 6.42 Å². The highest BCUT2D eigenvalue weighted by atomic mass is 32.1. The molecule has 7 heteroatoms. The van der Waals surface area contributed by atoms with Gasteiger partial charge in [0.15, 0.2) is 16.6 Å². The molecule has 0 amide bonds. The van der Waals surface area contributed by atoms with E-state index in [-0.39, 0.29) is 0 Å². The van der Waals surface area contributed by atoms with Crippen LogP contribution < -0.4 is 25.9 Å². The maximum absolute atomic E-state index is 5.69. The molecule has 0 aromatic heterocycles. The van der Waals surface area contributed by atoms with Gasteiger partial charge in [-0.1, -0.05) is 18.2 Å². The smallest absolute Gasteiger partial charge is 0.186 e. The molecule has 0 heterocycles. The first-order valence-corrected chi connectivity index (χ1v) is 8.59. The van der Waals surface area contributed by atoms with Crippen LogP contribution in [0.3, 0.4) is 0 Å². The van der Waals surface area contributed by atoms with Crippen molar-refractivity contribution >= 4 is 28.7 Å². The fraction of sp³-hybridized carbons (Fsp3) is 0.263. The molecule has 0 saturated heterocycles. The van der Waals surface area contributed by atoms with Gasteiger partial charge in [-0.3, -0.25) is 5.43 Å². The highest BCUT2D eigenvalue weighted by molar-refractivity contribution is 7.80. The lowest BCUT2D eigenvalue weighted by atomic mass is 10.1. The fourth-order valence-electron chi connectivity index (χ4n) is 2.32. The summed E-state index contributed by atoms with van der Waals surface area (Å²) in [5.41, 5.74) is 12.2. The standard InChI is InChI=1S/C19H24N4O2S/c1-13(15-5-7-16(20)8-6-15)22-23-19(26)21-11-10-14-4-9-17(24-2)18(12-14)25-3/h4-9,12H,10-11,20H2,1-3H3,(H2,21,23,26)/b22-13-. The molecule has 0 aliphatic heterocycles. The summed E-state index contributed by atoms with van der Waals surface area (Å²) in [4.78, 5) is 0. The summed E-state index contributed by atoms with van der Waals surface area (Å²) in [7, 11) is 3.25. The first-order chi connectivity index (χ1) is 12.5. The van der Waals surface area contributed by atoms with E-state index in [1.54, 1.807) is 14.2 Å². The average molecular weight is 372 g/mol. The summed E-state index contributed by atoms with van der Waals surface area (Å²) < 4.78 is 10.5. The summed E-state index contributed by atoms with van der Waals surface area (Å²) in [5, 5.41) is 7.89. The van der Waals surface area contributed by atoms with Crippen molar-refractivity contribution in [3.63, 3.8) is 0 Å². The number of hydrogen-bond acceptors (Lipinski definition) is 5. The Morgan fingerprint density at radius 3 is 2.42 bits per heavy atom. The summed E-state index contributed by atoms with van der Waals surface area (Å²) in [6.07, 6.45) is 0.794. The van der Waals surface area contributed by atoms with Crippen LogP contribution in [0.5, 0.6) is 11.5 Å². The van der Waals surface area contributed by atoms with E-state index in [2.05, 4.69) is 15.8 Å². The molecule has 2 rings (SSSR count). The Kier molecular flexibility index (Phi) is 7.23. The van der Waals surface area contributed by atoms with Gasteiger partial charge in [-0.05, 0) is 61.0 Å². The van der Waals surface area contributed by atoms with E-state index >= 15 is 0 Å². The molecule has 0 fully saturated rings. The second-order valence-electron chi connectivity index (χ2n) is 5.63. The van der Waals surface area contributed by atoms with Gasteiger partial charge in [-0.15, -0.1) is 0 Å². The molecule has 0 unspecified atom stereocenters. The molecule has 2 aromatic carbocycles. The van der Waals surface area contributed by atoms with Crippen LogP contribution in [0.25, 0.3) is 0 Å². The van der Waals surface area contributed by atoms with Gasteiger partial charge in [-0.25, -0.2) is 0 Å². The van der Waals surface area contributed by atoms with E-state index < -0.39 is 0 Å². The molecule has 0 spiro atoms. The number of anilines is 1. The maximum atomic E-state index is 5.69. The van der Waals surface area contributed by atoms with Gasteiger partial charge in [0.05, 0.1) is 19.9 Å². The number of nitrogens with one attached hydrogen (secondary N) is 2. The van der Waals surface area contributed by atoms with Crippen molar-refractivity contribution in [1.82, 2.24) is 10.7 Å². The summed E-state index contributed by atoms with van der Waals surface area (Å²) in [5.74, 6) is 1.43. The summed E-state index contributed by atoms with van der Waals surface area (Å²) in [6.45, 7) is 2.59. The van der Waals surface area contributed by atoms with E-state index in [0.717, 1.165) is 34.7 Å². The van der Waals surface area contributed by atoms with E-state index in [4.69, 9.17) is 27.4 Å². The monoisotopic (exact) mass is 372 g/mol. The fourth-order valence-corrected chi connectivity index (χ4v) is 2.47. The zero-order valence-corrected chi connectivity index (χ0v) is 16.0. The Labute approximate surface area is 159 Å². The molecule has 2 aromatic rings. The number of benzene rings is 2. The minimum Gasteiger partial charge on any atom is -0.493 e. The van der Waals surface area contributed by atoms with Gasteiger partial charge < -0.3 is 20.5 Å². The molecular formula is C19H24N4O2S. The van der Waals surface area contributed by atoms with Gasteiger partial charge >= 0.3 is 0 Å². The number of nitrogens with zero attached hydrogens (tertiary/aromatic N) is 1. The molecule has 0 atom stereocenters. The van der Waals surface area contributed by atoms with Crippen LogP contribution in [0.4, 0.5) is 5.69 Å². The van der Waals surface area contributed by atoms with Gasteiger partial charge in [0, 0.05) is 12.2 Å². The Hall–Kier alpha value is -2.80. The Bertz CT molecular complexity index is 776. The third kappa shape index (κ3) is 5.63. The first-order valence-electron chi connectivity index (χ1n) is 8.18. The predicted octanol–water partition coefficient (Wildman–Crippen LogP) is 2.72. The third-order valence-electron chi connectivity index (χ3n) is 3.80. The zero-order chi connectivity index (χ0) is 18.9. The van der Waals surface area contributed by atoms with Crippen molar-refractivity contribution in [2.24, 2.45) is 5.10 Å².